The van der Waals surface area contributed by atoms with Gasteiger partial charge in [0.1, 0.15) is 0 Å². The molecular weight excluding hydrogens is 226 g/mol. The maximum atomic E-state index is 3.82. The van der Waals surface area contributed by atoms with Crippen molar-refractivity contribution in [1.29, 1.82) is 0 Å². The lowest BCUT2D eigenvalue weighted by Crippen LogP contribution is -2.23. The summed E-state index contributed by atoms with van der Waals surface area (Å²) in [6.45, 7) is 4.91. The molecule has 0 aromatic heterocycles. The van der Waals surface area contributed by atoms with Gasteiger partial charge in [-0.3, -0.25) is 0 Å². The second kappa shape index (κ2) is 3.54. The Kier molecular flexibility index (Phi) is 2.40. The van der Waals surface area contributed by atoms with Crippen LogP contribution in [0.1, 0.15) is 12.0 Å². The topological polar surface area (TPSA) is 3.24 Å². The van der Waals surface area contributed by atoms with Crippen molar-refractivity contribution in [1.82, 2.24) is 0 Å². The fourth-order valence-corrected chi connectivity index (χ4v) is 2.11. The predicted octanol–water partition coefficient (Wildman–Crippen LogP) is 3.35. The van der Waals surface area contributed by atoms with E-state index in [1.165, 1.54) is 24.1 Å². The van der Waals surface area contributed by atoms with Gasteiger partial charge in [-0.15, -0.1) is 0 Å². The zero-order valence-corrected chi connectivity index (χ0v) is 9.05. The van der Waals surface area contributed by atoms with Crippen LogP contribution in [0.15, 0.2) is 35.5 Å². The van der Waals surface area contributed by atoms with Crippen LogP contribution >= 0.6 is 15.9 Å². The zero-order chi connectivity index (χ0) is 9.26. The molecule has 0 fully saturated rings. The largest absolute Gasteiger partial charge is 0.348 e. The standard InChI is InChI=1S/C11H12BrN/c1-2-13-7-3-4-9-5-6-10(12)8-11(9)13/h2,5-6,8H,1,3-4,7H2. The van der Waals surface area contributed by atoms with Crippen LogP contribution < -0.4 is 4.90 Å². The van der Waals surface area contributed by atoms with Crippen molar-refractivity contribution in [3.63, 3.8) is 0 Å². The van der Waals surface area contributed by atoms with E-state index >= 15 is 0 Å². The van der Waals surface area contributed by atoms with Crippen molar-refractivity contribution in [2.75, 3.05) is 11.4 Å². The highest BCUT2D eigenvalue weighted by Crippen LogP contribution is 2.29. The number of rotatable bonds is 1. The van der Waals surface area contributed by atoms with Crippen LogP contribution in [0.25, 0.3) is 0 Å². The van der Waals surface area contributed by atoms with Gasteiger partial charge in [0.2, 0.25) is 0 Å². The Bertz CT molecular complexity index is 333. The molecule has 1 heterocycles. The first-order valence-electron chi connectivity index (χ1n) is 4.49. The van der Waals surface area contributed by atoms with Crippen LogP contribution in [0.4, 0.5) is 5.69 Å². The second-order valence-corrected chi connectivity index (χ2v) is 4.17. The monoisotopic (exact) mass is 237 g/mol. The van der Waals surface area contributed by atoms with Crippen LogP contribution in [-0.4, -0.2) is 6.54 Å². The molecular formula is C11H12BrN. The van der Waals surface area contributed by atoms with Crippen LogP contribution in [0.3, 0.4) is 0 Å². The Morgan fingerprint density at radius 1 is 1.46 bits per heavy atom. The number of halogens is 1. The van der Waals surface area contributed by atoms with E-state index < -0.39 is 0 Å². The molecule has 0 radical (unpaired) electrons. The molecule has 0 unspecified atom stereocenters. The lowest BCUT2D eigenvalue weighted by molar-refractivity contribution is 0.763. The quantitative estimate of drug-likeness (QED) is 0.725. The van der Waals surface area contributed by atoms with Crippen molar-refractivity contribution in [3.8, 4) is 0 Å². The lowest BCUT2D eigenvalue weighted by Gasteiger charge is -2.28. The molecule has 0 amide bonds. The summed E-state index contributed by atoms with van der Waals surface area (Å²) < 4.78 is 1.14. The van der Waals surface area contributed by atoms with Gasteiger partial charge in [0, 0.05) is 16.7 Å². The van der Waals surface area contributed by atoms with Gasteiger partial charge >= 0.3 is 0 Å². The van der Waals surface area contributed by atoms with Gasteiger partial charge in [-0.2, -0.15) is 0 Å². The zero-order valence-electron chi connectivity index (χ0n) is 7.46. The maximum Gasteiger partial charge on any atom is 0.0449 e. The van der Waals surface area contributed by atoms with E-state index in [1.807, 2.05) is 6.20 Å². The van der Waals surface area contributed by atoms with Gasteiger partial charge < -0.3 is 4.90 Å². The Morgan fingerprint density at radius 2 is 2.31 bits per heavy atom. The molecule has 0 saturated carbocycles. The number of hydrogen-bond acceptors (Lipinski definition) is 1. The predicted molar refractivity (Wildman–Crippen MR) is 60.0 cm³/mol. The highest BCUT2D eigenvalue weighted by molar-refractivity contribution is 9.10. The Morgan fingerprint density at radius 3 is 3.08 bits per heavy atom. The van der Waals surface area contributed by atoms with E-state index in [9.17, 15) is 0 Å². The van der Waals surface area contributed by atoms with Gasteiger partial charge in [0.25, 0.3) is 0 Å². The summed E-state index contributed by atoms with van der Waals surface area (Å²) in [6, 6.07) is 6.46. The van der Waals surface area contributed by atoms with E-state index in [-0.39, 0.29) is 0 Å². The van der Waals surface area contributed by atoms with E-state index in [0.717, 1.165) is 11.0 Å². The van der Waals surface area contributed by atoms with Gasteiger partial charge in [-0.25, -0.2) is 0 Å². The summed E-state index contributed by atoms with van der Waals surface area (Å²) in [6.07, 6.45) is 4.32. The molecule has 68 valence electrons. The summed E-state index contributed by atoms with van der Waals surface area (Å²) >= 11 is 3.49. The molecule has 1 aliphatic heterocycles. The molecule has 1 aromatic carbocycles. The third-order valence-electron chi connectivity index (χ3n) is 2.42. The van der Waals surface area contributed by atoms with Gasteiger partial charge in [-0.1, -0.05) is 28.6 Å². The fraction of sp³-hybridized carbons (Fsp3) is 0.273. The average molecular weight is 238 g/mol. The number of fused-ring (bicyclic) bond motifs is 1. The molecule has 1 nitrogen and oxygen atoms in total. The fourth-order valence-electron chi connectivity index (χ4n) is 1.77. The summed E-state index contributed by atoms with van der Waals surface area (Å²) in [5.74, 6) is 0. The Hall–Kier alpha value is -0.760. The summed E-state index contributed by atoms with van der Waals surface area (Å²) in [7, 11) is 0. The minimum Gasteiger partial charge on any atom is -0.348 e. The number of anilines is 1. The molecule has 1 aliphatic rings. The molecule has 1 aromatic rings. The van der Waals surface area contributed by atoms with Crippen molar-refractivity contribution >= 4 is 21.6 Å². The van der Waals surface area contributed by atoms with Crippen LogP contribution in [0, 0.1) is 0 Å². The minimum absolute atomic E-state index is 1.09. The van der Waals surface area contributed by atoms with Crippen LogP contribution in [-0.2, 0) is 6.42 Å². The van der Waals surface area contributed by atoms with Gasteiger partial charge in [-0.05, 0) is 36.7 Å². The third-order valence-corrected chi connectivity index (χ3v) is 2.92. The third kappa shape index (κ3) is 1.63. The van der Waals surface area contributed by atoms with E-state index in [1.54, 1.807) is 0 Å². The first kappa shape index (κ1) is 8.82. The van der Waals surface area contributed by atoms with Gasteiger partial charge in [0.15, 0.2) is 0 Å². The molecule has 0 spiro atoms. The number of nitrogens with zero attached hydrogens (tertiary/aromatic N) is 1. The Labute approximate surface area is 87.2 Å². The van der Waals surface area contributed by atoms with Gasteiger partial charge in [0.05, 0.1) is 0 Å². The van der Waals surface area contributed by atoms with E-state index in [4.69, 9.17) is 0 Å². The molecule has 13 heavy (non-hydrogen) atoms. The van der Waals surface area contributed by atoms with E-state index in [0.29, 0.717) is 0 Å². The molecule has 2 rings (SSSR count). The van der Waals surface area contributed by atoms with Crippen molar-refractivity contribution in [3.05, 3.63) is 41.0 Å². The molecule has 0 bridgehead atoms. The molecule has 0 saturated heterocycles. The smallest absolute Gasteiger partial charge is 0.0449 e. The molecule has 0 atom stereocenters. The van der Waals surface area contributed by atoms with Crippen LogP contribution in [0.5, 0.6) is 0 Å². The summed E-state index contributed by atoms with van der Waals surface area (Å²) in [5, 5.41) is 0. The van der Waals surface area contributed by atoms with Crippen molar-refractivity contribution < 1.29 is 0 Å². The molecule has 2 heteroatoms. The molecule has 0 N–H and O–H groups in total. The summed E-state index contributed by atoms with van der Waals surface area (Å²) in [5.41, 5.74) is 2.73. The SMILES string of the molecule is C=CN1CCCc2ccc(Br)cc21. The minimum atomic E-state index is 1.09. The number of hydrogen-bond donors (Lipinski definition) is 0. The highest BCUT2D eigenvalue weighted by atomic mass is 79.9. The van der Waals surface area contributed by atoms with Crippen molar-refractivity contribution in [2.45, 2.75) is 12.8 Å². The second-order valence-electron chi connectivity index (χ2n) is 3.25. The van der Waals surface area contributed by atoms with Crippen LogP contribution in [0.2, 0.25) is 0 Å². The Balaban J connectivity index is 2.47. The maximum absolute atomic E-state index is 3.82. The molecule has 0 aliphatic carbocycles. The van der Waals surface area contributed by atoms with Crippen molar-refractivity contribution in [2.24, 2.45) is 0 Å². The van der Waals surface area contributed by atoms with E-state index in [2.05, 4.69) is 45.6 Å². The normalized spacial score (nSPS) is 15.3. The first-order chi connectivity index (χ1) is 6.31. The first-order valence-corrected chi connectivity index (χ1v) is 5.28. The number of benzene rings is 1. The average Bonchev–Trinajstić information content (AvgIpc) is 2.17. The highest BCUT2D eigenvalue weighted by Gasteiger charge is 2.13. The lowest BCUT2D eigenvalue weighted by atomic mass is 10.0. The summed E-state index contributed by atoms with van der Waals surface area (Å²) in [4.78, 5) is 2.21. The number of aryl methyl sites for hydroxylation is 1.